The third-order valence-electron chi connectivity index (χ3n) is 4.19. The van der Waals surface area contributed by atoms with Crippen LogP contribution in [-0.4, -0.2) is 40.7 Å². The van der Waals surface area contributed by atoms with Gasteiger partial charge in [-0.25, -0.2) is 4.79 Å². The summed E-state index contributed by atoms with van der Waals surface area (Å²) < 4.78 is 44.1. The number of halogens is 3. The van der Waals surface area contributed by atoms with Gasteiger partial charge in [0.1, 0.15) is 5.75 Å². The molecule has 0 aliphatic heterocycles. The van der Waals surface area contributed by atoms with Gasteiger partial charge >= 0.3 is 12.3 Å². The van der Waals surface area contributed by atoms with Crippen LogP contribution in [0.5, 0.6) is 11.5 Å². The summed E-state index contributed by atoms with van der Waals surface area (Å²) >= 11 is 0. The van der Waals surface area contributed by atoms with Gasteiger partial charge in [-0.2, -0.15) is 13.2 Å². The number of nitrogens with zero attached hydrogens (tertiary/aromatic N) is 2. The van der Waals surface area contributed by atoms with E-state index in [1.807, 2.05) is 13.8 Å². The zero-order chi connectivity index (χ0) is 21.9. The minimum Gasteiger partial charge on any atom is -0.508 e. The minimum absolute atomic E-state index is 0.0266. The monoisotopic (exact) mass is 416 g/mol. The number of fused-ring (bicyclic) bond motifs is 1. The third kappa shape index (κ3) is 5.33. The van der Waals surface area contributed by atoms with Crippen molar-refractivity contribution in [2.75, 3.05) is 18.6 Å². The fraction of sp³-hybridized carbons (Fsp3) is 0.474. The van der Waals surface area contributed by atoms with E-state index in [1.54, 1.807) is 0 Å². The van der Waals surface area contributed by atoms with Crippen LogP contribution in [0.15, 0.2) is 23.0 Å². The molecule has 0 unspecified atom stereocenters. The lowest BCUT2D eigenvalue weighted by molar-refractivity contribution is -0.136. The first-order valence-electron chi connectivity index (χ1n) is 8.98. The molecular weight excluding hydrogens is 393 g/mol. The maximum Gasteiger partial charge on any atom is 0.412 e. The molecule has 7 nitrogen and oxygen atoms in total. The van der Waals surface area contributed by atoms with Gasteiger partial charge in [-0.15, -0.1) is 0 Å². The van der Waals surface area contributed by atoms with Crippen LogP contribution in [0.4, 0.5) is 23.8 Å². The van der Waals surface area contributed by atoms with Crippen molar-refractivity contribution in [1.82, 2.24) is 4.57 Å². The summed E-state index contributed by atoms with van der Waals surface area (Å²) in [5.74, 6) is -0.381. The molecule has 0 fully saturated rings. The number of ether oxygens (including phenoxy) is 1. The number of aromatic hydroxyl groups is 1. The van der Waals surface area contributed by atoms with E-state index in [2.05, 4.69) is 0 Å². The normalized spacial score (nSPS) is 11.8. The SMILES string of the molecule is CC(C)Cn1c(N(C)C(=O)O)c(OCCCC(F)(F)F)c2cc(O)ccc2c1=O. The molecule has 29 heavy (non-hydrogen) atoms. The zero-order valence-electron chi connectivity index (χ0n) is 16.3. The van der Waals surface area contributed by atoms with Crippen LogP contribution < -0.4 is 15.2 Å². The number of aromatic nitrogens is 1. The first-order valence-corrected chi connectivity index (χ1v) is 8.98. The number of alkyl halides is 3. The smallest absolute Gasteiger partial charge is 0.412 e. The van der Waals surface area contributed by atoms with Crippen LogP contribution in [0.3, 0.4) is 0 Å². The molecule has 0 atom stereocenters. The van der Waals surface area contributed by atoms with Gasteiger partial charge in [0.25, 0.3) is 5.56 Å². The number of phenols is 1. The Morgan fingerprint density at radius 1 is 1.28 bits per heavy atom. The molecule has 0 saturated carbocycles. The average Bonchev–Trinajstić information content (AvgIpc) is 2.60. The van der Waals surface area contributed by atoms with E-state index in [4.69, 9.17) is 4.74 Å². The summed E-state index contributed by atoms with van der Waals surface area (Å²) in [4.78, 5) is 25.4. The number of hydrogen-bond donors (Lipinski definition) is 2. The molecular formula is C19H23F3N2O5. The molecule has 0 bridgehead atoms. The fourth-order valence-corrected chi connectivity index (χ4v) is 2.94. The van der Waals surface area contributed by atoms with Gasteiger partial charge in [-0.1, -0.05) is 13.8 Å². The second kappa shape index (κ2) is 8.62. The van der Waals surface area contributed by atoms with E-state index >= 15 is 0 Å². The molecule has 1 heterocycles. The number of amides is 1. The van der Waals surface area contributed by atoms with Crippen molar-refractivity contribution >= 4 is 22.7 Å². The average molecular weight is 416 g/mol. The van der Waals surface area contributed by atoms with E-state index in [9.17, 15) is 33.0 Å². The Balaban J connectivity index is 2.69. The second-order valence-corrected chi connectivity index (χ2v) is 7.10. The molecule has 10 heteroatoms. The van der Waals surface area contributed by atoms with Gasteiger partial charge in [0, 0.05) is 25.4 Å². The number of anilines is 1. The maximum absolute atomic E-state index is 13.0. The summed E-state index contributed by atoms with van der Waals surface area (Å²) in [6.07, 6.45) is -7.13. The van der Waals surface area contributed by atoms with Crippen LogP contribution in [-0.2, 0) is 6.54 Å². The van der Waals surface area contributed by atoms with Crippen molar-refractivity contribution in [2.45, 2.75) is 39.4 Å². The number of benzene rings is 1. The Morgan fingerprint density at radius 3 is 2.48 bits per heavy atom. The van der Waals surface area contributed by atoms with Crippen molar-refractivity contribution in [3.8, 4) is 11.5 Å². The number of carbonyl (C=O) groups is 1. The van der Waals surface area contributed by atoms with Crippen molar-refractivity contribution < 1.29 is 32.9 Å². The van der Waals surface area contributed by atoms with E-state index in [1.165, 1.54) is 29.8 Å². The van der Waals surface area contributed by atoms with Gasteiger partial charge in [0.05, 0.1) is 12.0 Å². The molecule has 0 spiro atoms. The van der Waals surface area contributed by atoms with E-state index in [0.717, 1.165) is 4.90 Å². The summed E-state index contributed by atoms with van der Waals surface area (Å²) in [7, 11) is 1.21. The fourth-order valence-electron chi connectivity index (χ4n) is 2.94. The second-order valence-electron chi connectivity index (χ2n) is 7.10. The van der Waals surface area contributed by atoms with Crippen LogP contribution >= 0.6 is 0 Å². The molecule has 160 valence electrons. The molecule has 2 N–H and O–H groups in total. The largest absolute Gasteiger partial charge is 0.508 e. The van der Waals surface area contributed by atoms with E-state index in [-0.39, 0.29) is 53.6 Å². The molecule has 1 aromatic heterocycles. The van der Waals surface area contributed by atoms with E-state index in [0.29, 0.717) is 0 Å². The molecule has 2 aromatic rings. The number of pyridine rings is 1. The molecule has 0 radical (unpaired) electrons. The Hall–Kier alpha value is -2.91. The molecule has 1 amide bonds. The molecule has 1 aromatic carbocycles. The van der Waals surface area contributed by atoms with Crippen LogP contribution in [0.2, 0.25) is 0 Å². The summed E-state index contributed by atoms with van der Waals surface area (Å²) in [5, 5.41) is 19.6. The lowest BCUT2D eigenvalue weighted by Gasteiger charge is -2.25. The van der Waals surface area contributed by atoms with Crippen LogP contribution in [0.1, 0.15) is 26.7 Å². The van der Waals surface area contributed by atoms with Gasteiger partial charge in [0.2, 0.25) is 0 Å². The number of rotatable bonds is 7. The van der Waals surface area contributed by atoms with Gasteiger partial charge in [0.15, 0.2) is 11.6 Å². The first kappa shape index (κ1) is 22.4. The van der Waals surface area contributed by atoms with Gasteiger partial charge in [-0.3, -0.25) is 14.3 Å². The minimum atomic E-state index is -4.35. The van der Waals surface area contributed by atoms with Gasteiger partial charge < -0.3 is 14.9 Å². The van der Waals surface area contributed by atoms with E-state index < -0.39 is 24.2 Å². The lowest BCUT2D eigenvalue weighted by atomic mass is 10.1. The Kier molecular flexibility index (Phi) is 6.66. The quantitative estimate of drug-likeness (QED) is 0.660. The van der Waals surface area contributed by atoms with Crippen LogP contribution in [0, 0.1) is 5.92 Å². The van der Waals surface area contributed by atoms with Crippen LogP contribution in [0.25, 0.3) is 10.8 Å². The van der Waals surface area contributed by atoms with Gasteiger partial charge in [-0.05, 0) is 30.5 Å². The molecule has 0 aliphatic rings. The predicted octanol–water partition coefficient (Wildman–Crippen LogP) is 4.20. The third-order valence-corrected chi connectivity index (χ3v) is 4.19. The molecule has 2 rings (SSSR count). The van der Waals surface area contributed by atoms with Crippen molar-refractivity contribution in [2.24, 2.45) is 5.92 Å². The highest BCUT2D eigenvalue weighted by Gasteiger charge is 2.28. The van der Waals surface area contributed by atoms with Crippen molar-refractivity contribution in [3.05, 3.63) is 28.6 Å². The number of hydrogen-bond acceptors (Lipinski definition) is 4. The highest BCUT2D eigenvalue weighted by atomic mass is 19.4. The highest BCUT2D eigenvalue weighted by Crippen LogP contribution is 2.36. The highest BCUT2D eigenvalue weighted by molar-refractivity contribution is 5.97. The standard InChI is InChI=1S/C19H23F3N2O5/c1-11(2)10-24-16(23(3)18(27)28)15(29-8-4-7-19(20,21)22)14-9-12(25)5-6-13(14)17(24)26/h5-6,9,11,25H,4,7-8,10H2,1-3H3,(H,27,28). The molecule has 0 aliphatic carbocycles. The zero-order valence-corrected chi connectivity index (χ0v) is 16.3. The number of carboxylic acid groups (broad SMARTS) is 1. The number of phenolic OH excluding ortho intramolecular Hbond substituents is 1. The maximum atomic E-state index is 13.0. The topological polar surface area (TPSA) is 92.0 Å². The Bertz CT molecular complexity index is 953. The van der Waals surface area contributed by atoms with Crippen molar-refractivity contribution in [3.63, 3.8) is 0 Å². The summed E-state index contributed by atoms with van der Waals surface area (Å²) in [6.45, 7) is 3.50. The molecule has 0 saturated heterocycles. The summed E-state index contributed by atoms with van der Waals surface area (Å²) in [6, 6.07) is 3.91. The van der Waals surface area contributed by atoms with Crippen molar-refractivity contribution in [1.29, 1.82) is 0 Å². The lowest BCUT2D eigenvalue weighted by Crippen LogP contribution is -2.34. The Labute approximate surface area is 164 Å². The Morgan fingerprint density at radius 2 is 1.93 bits per heavy atom. The first-order chi connectivity index (χ1) is 13.4. The summed E-state index contributed by atoms with van der Waals surface area (Å²) in [5.41, 5.74) is -0.487. The predicted molar refractivity (Wildman–Crippen MR) is 102 cm³/mol.